The molecule has 10 N–H and O–H groups in total. The van der Waals surface area contributed by atoms with Crippen LogP contribution in [-0.4, -0.2) is 273 Å². The molecule has 0 radical (unpaired) electrons. The number of amides is 3. The van der Waals surface area contributed by atoms with Crippen molar-refractivity contribution in [1.29, 1.82) is 5.26 Å². The van der Waals surface area contributed by atoms with Gasteiger partial charge in [-0.2, -0.15) is 5.26 Å². The number of methoxy groups -OCH3 is 3. The van der Waals surface area contributed by atoms with Gasteiger partial charge < -0.3 is 72.1 Å². The number of nitrogens with two attached hydrogens (primary N) is 2. The van der Waals surface area contributed by atoms with Gasteiger partial charge in [0.05, 0.1) is 97.7 Å². The molecule has 16 rings (SSSR count). The van der Waals surface area contributed by atoms with Gasteiger partial charge in [0.1, 0.15) is 58.4 Å². The molecule has 0 spiro atoms. The number of ether oxygens (including phenoxy) is 3. The third-order valence-electron chi connectivity index (χ3n) is 22.4. The van der Waals surface area contributed by atoms with Crippen LogP contribution in [0.2, 0.25) is 5.28 Å². The number of piperazine rings is 3. The van der Waals surface area contributed by atoms with E-state index in [0.717, 1.165) is 131 Å². The summed E-state index contributed by atoms with van der Waals surface area (Å²) in [5.74, 6) is -1.75. The molecule has 4 atom stereocenters. The molecular weight excluding hydrogens is 1840 g/mol. The first-order valence-electron chi connectivity index (χ1n) is 42.1. The van der Waals surface area contributed by atoms with Crippen molar-refractivity contribution in [2.45, 2.75) is 64.3 Å². The van der Waals surface area contributed by atoms with E-state index in [-0.39, 0.29) is 110 Å². The number of aliphatic hydroxyl groups is 1. The van der Waals surface area contributed by atoms with Crippen molar-refractivity contribution in [2.24, 2.45) is 0 Å². The van der Waals surface area contributed by atoms with E-state index in [0.29, 0.717) is 118 Å². The van der Waals surface area contributed by atoms with E-state index in [1.807, 2.05) is 78.9 Å². The number of pyridine rings is 4. The number of rotatable bonds is 25. The molecule has 684 valence electrons. The zero-order valence-electron chi connectivity index (χ0n) is 74.0. The second-order valence-electron chi connectivity index (χ2n) is 31.5. The van der Waals surface area contributed by atoms with Gasteiger partial charge in [0.2, 0.25) is 34.9 Å². The summed E-state index contributed by atoms with van der Waals surface area (Å²) in [7, 11) is 11.0. The van der Waals surface area contributed by atoms with Gasteiger partial charge in [0, 0.05) is 188 Å². The van der Waals surface area contributed by atoms with Crippen LogP contribution in [0.3, 0.4) is 0 Å². The molecule has 131 heavy (non-hydrogen) atoms. The van der Waals surface area contributed by atoms with E-state index in [9.17, 15) is 37.9 Å². The first kappa shape index (κ1) is 99.7. The first-order valence-corrected chi connectivity index (χ1v) is 42.4. The molecule has 7 aromatic heterocycles. The summed E-state index contributed by atoms with van der Waals surface area (Å²) >= 11 is 5.88. The molecule has 10 heterocycles. The molecule has 3 fully saturated rings. The van der Waals surface area contributed by atoms with Crippen molar-refractivity contribution < 1.29 is 96.8 Å². The van der Waals surface area contributed by atoms with Crippen LogP contribution in [0.1, 0.15) is 110 Å². The van der Waals surface area contributed by atoms with Crippen LogP contribution < -0.4 is 38.1 Å². The number of halogens is 4. The Morgan fingerprint density at radius 1 is 0.466 bits per heavy atom. The first-order chi connectivity index (χ1) is 62.7. The number of anilines is 9. The number of carbonyl (C=O) groups is 5. The molecule has 6 aliphatic rings. The summed E-state index contributed by atoms with van der Waals surface area (Å²) in [5, 5.41) is 33.3. The molecule has 0 bridgehead atoms. The molecule has 38 heteroatoms. The number of nitrogen functional groups attached to an aromatic ring is 2. The van der Waals surface area contributed by atoms with E-state index < -0.39 is 35.6 Å². The van der Waals surface area contributed by atoms with Crippen LogP contribution in [0.15, 0.2) is 165 Å². The zero-order chi connectivity index (χ0) is 92.7. The minimum atomic E-state index is -0.676. The van der Waals surface area contributed by atoms with Gasteiger partial charge in [-0.15, -0.1) is 0 Å². The molecule has 10 aromatic rings. The molecule has 1 unspecified atom stereocenters. The van der Waals surface area contributed by atoms with Crippen molar-refractivity contribution in [3.05, 3.63) is 261 Å². The topological polar surface area (TPSA) is 418 Å². The Morgan fingerprint density at radius 3 is 1.14 bits per heavy atom. The third-order valence-corrected chi connectivity index (χ3v) is 22.6. The predicted molar refractivity (Wildman–Crippen MR) is 490 cm³/mol. The van der Waals surface area contributed by atoms with Crippen LogP contribution in [0.4, 0.5) is 64.9 Å². The smallest absolute Gasteiger partial charge is 0.244 e. The fourth-order valence-corrected chi connectivity index (χ4v) is 15.4. The van der Waals surface area contributed by atoms with Crippen LogP contribution in [-0.2, 0) is 47.9 Å². The Morgan fingerprint density at radius 2 is 0.817 bits per heavy atom. The fourth-order valence-electron chi connectivity index (χ4n) is 15.2. The van der Waals surface area contributed by atoms with Crippen LogP contribution in [0.25, 0.3) is 16.7 Å². The number of aliphatic hydroxyl groups excluding tert-OH is 1. The zero-order valence-corrected chi connectivity index (χ0v) is 77.4. The number of fused-ring (bicyclic) bond motifs is 3. The molecular formula is C93H104ClF3N24O9Sm. The number of carbonyl (C=O) groups excluding carboxylic acids is 5. The van der Waals surface area contributed by atoms with Gasteiger partial charge in [-0.3, -0.25) is 53.6 Å². The van der Waals surface area contributed by atoms with E-state index in [2.05, 4.69) is 127 Å². The number of allylic oxidation sites excluding steroid dienone is 3. The molecule has 3 aliphatic carbocycles. The van der Waals surface area contributed by atoms with Gasteiger partial charge in [-0.25, -0.2) is 48.1 Å². The minimum Gasteiger partial charge on any atom is -0.397 e. The van der Waals surface area contributed by atoms with Crippen LogP contribution in [0, 0.1) is 69.2 Å². The van der Waals surface area contributed by atoms with Gasteiger partial charge in [-0.05, 0) is 159 Å². The summed E-state index contributed by atoms with van der Waals surface area (Å²) in [4.78, 5) is 116. The molecule has 0 saturated carbocycles. The van der Waals surface area contributed by atoms with Gasteiger partial charge in [-0.1, -0.05) is 54.6 Å². The summed E-state index contributed by atoms with van der Waals surface area (Å²) in [6, 6.07) is 30.8. The third kappa shape index (κ3) is 26.5. The molecule has 3 amide bonds. The van der Waals surface area contributed by atoms with Gasteiger partial charge in [0.15, 0.2) is 29.0 Å². The second kappa shape index (κ2) is 47.8. The maximum atomic E-state index is 15.0. The summed E-state index contributed by atoms with van der Waals surface area (Å²) in [6.07, 6.45) is 16.0. The Labute approximate surface area is 794 Å². The number of Topliss-reactive ketones (excluding diaryl/α,β-unsaturated/α-hetero) is 2. The number of benzene rings is 3. The quantitative estimate of drug-likeness (QED) is 0.0195. The van der Waals surface area contributed by atoms with Crippen LogP contribution >= 0.6 is 11.6 Å². The molecule has 33 nitrogen and oxygen atoms in total. The number of nitriles is 1. The minimum absolute atomic E-state index is 0. The Kier molecular flexibility index (Phi) is 36.4. The van der Waals surface area contributed by atoms with Crippen molar-refractivity contribution >= 4 is 109 Å². The fraction of sp³-hybridized carbons (Fsp3) is 0.333. The molecule has 3 aromatic carbocycles. The molecule has 3 aliphatic heterocycles. The second-order valence-corrected chi connectivity index (χ2v) is 31.8. The number of ketones is 2. The summed E-state index contributed by atoms with van der Waals surface area (Å²) in [6.45, 7) is 15.6. The number of hydrogen-bond donors (Lipinski definition) is 8. The molecule has 3 saturated heterocycles. The average Bonchev–Trinajstić information content (AvgIpc) is 1.66. The Balaban J connectivity index is 0.000000172. The van der Waals surface area contributed by atoms with E-state index in [1.165, 1.54) is 32.4 Å². The number of likely N-dealkylation sites (N-methyl/N-ethyl adjacent to an activating group) is 3. The van der Waals surface area contributed by atoms with Crippen molar-refractivity contribution in [3.8, 4) is 6.07 Å². The van der Waals surface area contributed by atoms with E-state index in [1.54, 1.807) is 83.0 Å². The number of aromatic nitrogens is 10. The van der Waals surface area contributed by atoms with E-state index >= 15 is 4.39 Å². The van der Waals surface area contributed by atoms with Crippen molar-refractivity contribution in [3.63, 3.8) is 0 Å². The summed E-state index contributed by atoms with van der Waals surface area (Å²) in [5.41, 5.74) is 24.4. The SMILES string of the molecule is CC(=O)c1ccc(N)cn1.COC[C@H](C(=O)Nc1cccc2c1CC=C2c1nc(Cl)ncc1F)N1CCN(C)CC1.COC[C@H](C(=O)Nc1cccc2c1CC=C2c1nc(Nc2ccc(C(C)=O)nc2)ncc1F)N1CCN(C)CC1.COC[C@H](C(=O)Nc1cccc2c1CC=C2c1nc(Nc2ccc(C(C)O)nc2)ncc1F)N1CCN(C)CC1.N#Cc1ccc(N)cn1.[Sm]. The standard InChI is InChI=1S/C29H34FN7O3.C29H32FN7O3.C22H25ClFN5O2.C7H8N2O.C6H5N3.Sm/c2*1-18(38)24-10-7-19(15-31-24)33-29-32-16-23(30)27(35-29)22-9-8-21-20(22)5-4-6-25(21)34-28(39)26(17-40-3)37-13-11-36(2)12-14-37;1-28-8-10-29(11-9-28)19(13-31-2)21(30)26-18-5-3-4-14-15(18)6-7-16(14)20-17(24)12-25-22(23)27-20;1-5(10)7-3-2-6(8)4-9-7;7-3-6-2-1-5(8)4-9-6;/h4-7,9-10,15-16,18,26,38H,8,11-14,17H2,1-3H3,(H,34,39)(H,32,33,35);4-7,9-10,15-16,26H,8,11-14,17H2,1-3H3,(H,34,39)(H,32,33,35);3-5,7,12,19H,6,8-11,13H2,1-2H3,(H,26,30);2-4H,8H2,1H3;1-2,4H,8H2;/t18?,26-;26-;19-;;;/m111.../s1. The van der Waals surface area contributed by atoms with Crippen molar-refractivity contribution in [1.82, 2.24) is 79.2 Å². The van der Waals surface area contributed by atoms with Crippen molar-refractivity contribution in [2.75, 3.05) is 179 Å². The Hall–Kier alpha value is -11.8. The predicted octanol–water partition coefficient (Wildman–Crippen LogP) is 10.0. The Bertz CT molecular complexity index is 5800. The van der Waals surface area contributed by atoms with Gasteiger partial charge >= 0.3 is 0 Å². The monoisotopic (exact) mass is 1940 g/mol. The maximum absolute atomic E-state index is 15.0. The summed E-state index contributed by atoms with van der Waals surface area (Å²) < 4.78 is 60.4. The number of hydrogen-bond acceptors (Lipinski definition) is 30. The largest absolute Gasteiger partial charge is 0.397 e. The van der Waals surface area contributed by atoms with Crippen LogP contribution in [0.5, 0.6) is 0 Å². The number of nitrogens with one attached hydrogen (secondary N) is 5. The number of nitrogens with zero attached hydrogens (tertiary/aromatic N) is 17. The van der Waals surface area contributed by atoms with E-state index in [4.69, 9.17) is 42.5 Å². The normalized spacial score (nSPS) is 15.7. The van der Waals surface area contributed by atoms with Gasteiger partial charge in [0.25, 0.3) is 0 Å². The average molecular weight is 1940 g/mol. The maximum Gasteiger partial charge on any atom is 0.244 e.